The van der Waals surface area contributed by atoms with Crippen LogP contribution in [0, 0.1) is 6.92 Å². The van der Waals surface area contributed by atoms with Gasteiger partial charge in [0.25, 0.3) is 5.91 Å². The quantitative estimate of drug-likeness (QED) is 0.338. The number of aryl methyl sites for hydroxylation is 1. The Hall–Kier alpha value is -3.40. The summed E-state index contributed by atoms with van der Waals surface area (Å²) in [5.74, 6) is 0.287. The molecule has 0 bridgehead atoms. The monoisotopic (exact) mass is 328 g/mol. The number of nitrogens with one attached hydrogen (secondary N) is 1. The largest absolute Gasteiger partial charge is 0.469 e. The molecular weight excluding hydrogens is 312 g/mol. The smallest absolute Gasteiger partial charge is 0.274 e. The molecule has 122 valence electrons. The Morgan fingerprint density at radius 3 is 2.24 bits per heavy atom. The first kappa shape index (κ1) is 15.1. The summed E-state index contributed by atoms with van der Waals surface area (Å²) < 4.78 is 5.15. The number of hydrogen-bond donors (Lipinski definition) is 1. The highest BCUT2D eigenvalue weighted by molar-refractivity contribution is 6.13. The minimum atomic E-state index is -0.285. The van der Waals surface area contributed by atoms with Gasteiger partial charge >= 0.3 is 0 Å². The third-order valence-corrected chi connectivity index (χ3v) is 4.28. The second-order valence-electron chi connectivity index (χ2n) is 5.82. The number of hydrogen-bond acceptors (Lipinski definition) is 3. The molecule has 1 heterocycles. The van der Waals surface area contributed by atoms with Crippen molar-refractivity contribution < 1.29 is 9.21 Å². The van der Waals surface area contributed by atoms with Crippen molar-refractivity contribution in [3.63, 3.8) is 0 Å². The third kappa shape index (κ3) is 2.78. The van der Waals surface area contributed by atoms with Crippen LogP contribution in [0.25, 0.3) is 21.5 Å². The van der Waals surface area contributed by atoms with Gasteiger partial charge in [0.2, 0.25) is 0 Å². The molecule has 0 atom stereocenters. The average molecular weight is 328 g/mol. The van der Waals surface area contributed by atoms with E-state index in [1.54, 1.807) is 19.2 Å². The zero-order valence-corrected chi connectivity index (χ0v) is 13.7. The maximum absolute atomic E-state index is 12.2. The van der Waals surface area contributed by atoms with Gasteiger partial charge in [0.15, 0.2) is 0 Å². The number of carbonyl (C=O) groups is 1. The maximum atomic E-state index is 12.2. The van der Waals surface area contributed by atoms with Gasteiger partial charge in [-0.1, -0.05) is 48.5 Å². The number of nitrogens with zero attached hydrogens (tertiary/aromatic N) is 1. The second-order valence-corrected chi connectivity index (χ2v) is 5.82. The molecule has 0 fully saturated rings. The predicted molar refractivity (Wildman–Crippen MR) is 100.0 cm³/mol. The predicted octanol–water partition coefficient (Wildman–Crippen LogP) is 4.66. The van der Waals surface area contributed by atoms with Gasteiger partial charge in [-0.3, -0.25) is 4.79 Å². The number of rotatable bonds is 3. The van der Waals surface area contributed by atoms with Crippen molar-refractivity contribution in [2.75, 3.05) is 0 Å². The number of benzene rings is 3. The van der Waals surface area contributed by atoms with E-state index in [0.717, 1.165) is 27.1 Å². The zero-order valence-electron chi connectivity index (χ0n) is 13.7. The van der Waals surface area contributed by atoms with Gasteiger partial charge in [0.05, 0.1) is 18.0 Å². The molecular formula is C21H16N2O2. The minimum absolute atomic E-state index is 0.285. The van der Waals surface area contributed by atoms with E-state index in [2.05, 4.69) is 40.9 Å². The average Bonchev–Trinajstić information content (AvgIpc) is 3.07. The Labute approximate surface area is 144 Å². The molecule has 4 aromatic rings. The molecule has 0 aliphatic rings. The van der Waals surface area contributed by atoms with E-state index < -0.39 is 0 Å². The van der Waals surface area contributed by atoms with Crippen LogP contribution in [0.4, 0.5) is 0 Å². The molecule has 3 aromatic carbocycles. The van der Waals surface area contributed by atoms with Crippen LogP contribution in [-0.4, -0.2) is 12.1 Å². The first-order chi connectivity index (χ1) is 12.2. The van der Waals surface area contributed by atoms with Gasteiger partial charge in [-0.25, -0.2) is 5.43 Å². The van der Waals surface area contributed by atoms with Crippen LogP contribution < -0.4 is 5.43 Å². The number of furan rings is 1. The van der Waals surface area contributed by atoms with Gasteiger partial charge in [0, 0.05) is 5.56 Å². The summed E-state index contributed by atoms with van der Waals surface area (Å²) in [7, 11) is 0. The molecule has 4 rings (SSSR count). The molecule has 0 saturated carbocycles. The number of carbonyl (C=O) groups excluding carboxylic acids is 1. The van der Waals surface area contributed by atoms with Crippen molar-refractivity contribution in [2.24, 2.45) is 5.10 Å². The lowest BCUT2D eigenvalue weighted by Gasteiger charge is -2.07. The summed E-state index contributed by atoms with van der Waals surface area (Å²) in [4.78, 5) is 12.2. The van der Waals surface area contributed by atoms with E-state index in [4.69, 9.17) is 4.42 Å². The van der Waals surface area contributed by atoms with Crippen LogP contribution in [0.15, 0.2) is 76.4 Å². The van der Waals surface area contributed by atoms with Gasteiger partial charge in [-0.2, -0.15) is 5.10 Å². The van der Waals surface area contributed by atoms with Crippen molar-refractivity contribution in [3.05, 3.63) is 83.8 Å². The normalized spacial score (nSPS) is 11.4. The van der Waals surface area contributed by atoms with Crippen LogP contribution in [-0.2, 0) is 0 Å². The molecule has 0 radical (unpaired) electrons. The summed E-state index contributed by atoms with van der Waals surface area (Å²) in [5, 5.41) is 8.64. The Kier molecular flexibility index (Phi) is 3.78. The topological polar surface area (TPSA) is 54.6 Å². The van der Waals surface area contributed by atoms with Crippen LogP contribution in [0.5, 0.6) is 0 Å². The standard InChI is InChI=1S/C21H16N2O2/c1-14-17(10-11-25-14)21(24)23-22-13-20-18-8-4-2-6-15(18)12-16-7-3-5-9-19(16)20/h2-13H,1H3,(H,23,24)/b22-13+. The van der Waals surface area contributed by atoms with E-state index in [1.807, 2.05) is 24.3 Å². The summed E-state index contributed by atoms with van der Waals surface area (Å²) in [6.45, 7) is 1.75. The van der Waals surface area contributed by atoms with Gasteiger partial charge in [0.1, 0.15) is 5.76 Å². The molecule has 1 aromatic heterocycles. The van der Waals surface area contributed by atoms with Crippen LogP contribution in [0.1, 0.15) is 21.7 Å². The number of amides is 1. The molecule has 4 nitrogen and oxygen atoms in total. The highest BCUT2D eigenvalue weighted by atomic mass is 16.3. The van der Waals surface area contributed by atoms with Crippen molar-refractivity contribution in [1.29, 1.82) is 0 Å². The van der Waals surface area contributed by atoms with Crippen molar-refractivity contribution >= 4 is 33.7 Å². The molecule has 4 heteroatoms. The van der Waals surface area contributed by atoms with E-state index >= 15 is 0 Å². The first-order valence-corrected chi connectivity index (χ1v) is 8.02. The van der Waals surface area contributed by atoms with E-state index in [-0.39, 0.29) is 5.91 Å². The summed E-state index contributed by atoms with van der Waals surface area (Å²) >= 11 is 0. The van der Waals surface area contributed by atoms with E-state index in [0.29, 0.717) is 11.3 Å². The fourth-order valence-electron chi connectivity index (χ4n) is 3.02. The molecule has 0 aliphatic heterocycles. The van der Waals surface area contributed by atoms with Gasteiger partial charge < -0.3 is 4.42 Å². The molecule has 0 unspecified atom stereocenters. The molecule has 1 amide bonds. The maximum Gasteiger partial charge on any atom is 0.274 e. The summed E-state index contributed by atoms with van der Waals surface area (Å²) in [6.07, 6.45) is 3.20. The van der Waals surface area contributed by atoms with Crippen LogP contribution >= 0.6 is 0 Å². The van der Waals surface area contributed by atoms with Gasteiger partial charge in [-0.05, 0) is 40.6 Å². The van der Waals surface area contributed by atoms with Crippen molar-refractivity contribution in [1.82, 2.24) is 5.43 Å². The lowest BCUT2D eigenvalue weighted by atomic mass is 9.97. The van der Waals surface area contributed by atoms with E-state index in [9.17, 15) is 4.79 Å². The lowest BCUT2D eigenvalue weighted by Crippen LogP contribution is -2.17. The molecule has 0 spiro atoms. The molecule has 0 aliphatic carbocycles. The van der Waals surface area contributed by atoms with Crippen LogP contribution in [0.2, 0.25) is 0 Å². The SMILES string of the molecule is Cc1occc1C(=O)N/N=C/c1c2ccccc2cc2ccccc12. The third-order valence-electron chi connectivity index (χ3n) is 4.28. The number of fused-ring (bicyclic) bond motifs is 2. The Morgan fingerprint density at radius 1 is 1.00 bits per heavy atom. The van der Waals surface area contributed by atoms with E-state index in [1.165, 1.54) is 6.26 Å². The Morgan fingerprint density at radius 2 is 1.64 bits per heavy atom. The Bertz CT molecular complexity index is 1060. The minimum Gasteiger partial charge on any atom is -0.469 e. The molecule has 25 heavy (non-hydrogen) atoms. The fraction of sp³-hybridized carbons (Fsp3) is 0.0476. The molecule has 0 saturated heterocycles. The zero-order chi connectivity index (χ0) is 17.2. The summed E-state index contributed by atoms with van der Waals surface area (Å²) in [5.41, 5.74) is 4.04. The van der Waals surface area contributed by atoms with Gasteiger partial charge in [-0.15, -0.1) is 0 Å². The Balaban J connectivity index is 1.74. The highest BCUT2D eigenvalue weighted by Gasteiger charge is 2.10. The number of hydrazone groups is 1. The van der Waals surface area contributed by atoms with Crippen LogP contribution in [0.3, 0.4) is 0 Å². The van der Waals surface area contributed by atoms with Crippen molar-refractivity contribution in [2.45, 2.75) is 6.92 Å². The first-order valence-electron chi connectivity index (χ1n) is 8.02. The lowest BCUT2D eigenvalue weighted by molar-refractivity contribution is 0.0953. The van der Waals surface area contributed by atoms with Crippen molar-refractivity contribution in [3.8, 4) is 0 Å². The highest BCUT2D eigenvalue weighted by Crippen LogP contribution is 2.27. The molecule has 1 N–H and O–H groups in total. The summed E-state index contributed by atoms with van der Waals surface area (Å²) in [6, 6.07) is 20.1. The fourth-order valence-corrected chi connectivity index (χ4v) is 3.02. The second kappa shape index (κ2) is 6.24.